The molecule has 7 nitrogen and oxygen atoms in total. The smallest absolute Gasteiger partial charge is 0.264 e. The molecule has 0 spiro atoms. The number of halogens is 1. The second-order valence-corrected chi connectivity index (χ2v) is 8.45. The summed E-state index contributed by atoms with van der Waals surface area (Å²) in [5.41, 5.74) is 1.13. The predicted octanol–water partition coefficient (Wildman–Crippen LogP) is 3.95. The summed E-state index contributed by atoms with van der Waals surface area (Å²) in [6.07, 6.45) is 0. The molecule has 164 valence electrons. The number of benzene rings is 2. The molecule has 1 aromatic heterocycles. The first-order valence-electron chi connectivity index (χ1n) is 10.0. The second kappa shape index (κ2) is 9.82. The molecule has 4 rings (SSSR count). The second-order valence-electron chi connectivity index (χ2n) is 7.03. The Balaban J connectivity index is 1.70. The van der Waals surface area contributed by atoms with Crippen molar-refractivity contribution in [3.05, 3.63) is 47.0 Å². The van der Waals surface area contributed by atoms with Crippen LogP contribution in [0.15, 0.2) is 36.4 Å². The van der Waals surface area contributed by atoms with E-state index < -0.39 is 0 Å². The molecular weight excluding hydrogens is 438 g/mol. The van der Waals surface area contributed by atoms with Crippen LogP contribution in [0, 0.1) is 0 Å². The van der Waals surface area contributed by atoms with Crippen molar-refractivity contribution in [3.8, 4) is 11.5 Å². The molecule has 0 saturated carbocycles. The minimum Gasteiger partial charge on any atom is -0.493 e. The number of thiazole rings is 1. The van der Waals surface area contributed by atoms with E-state index in [2.05, 4.69) is 4.90 Å². The minimum atomic E-state index is -0.195. The van der Waals surface area contributed by atoms with Crippen LogP contribution in [0.1, 0.15) is 10.4 Å². The van der Waals surface area contributed by atoms with Gasteiger partial charge in [-0.05, 0) is 24.3 Å². The van der Waals surface area contributed by atoms with Crippen LogP contribution in [-0.4, -0.2) is 69.4 Å². The van der Waals surface area contributed by atoms with E-state index in [-0.39, 0.29) is 5.91 Å². The maximum atomic E-state index is 13.7. The molecule has 9 heteroatoms. The van der Waals surface area contributed by atoms with Crippen LogP contribution in [0.2, 0.25) is 5.02 Å². The van der Waals surface area contributed by atoms with Crippen molar-refractivity contribution in [2.45, 2.75) is 0 Å². The molecule has 1 aliphatic rings. The van der Waals surface area contributed by atoms with Gasteiger partial charge in [0.05, 0.1) is 42.7 Å². The lowest BCUT2D eigenvalue weighted by Crippen LogP contribution is -2.43. The van der Waals surface area contributed by atoms with Gasteiger partial charge >= 0.3 is 0 Å². The summed E-state index contributed by atoms with van der Waals surface area (Å²) >= 11 is 7.79. The normalized spacial score (nSPS) is 14.5. The zero-order valence-corrected chi connectivity index (χ0v) is 19.0. The van der Waals surface area contributed by atoms with Crippen LogP contribution in [0.25, 0.3) is 10.2 Å². The lowest BCUT2D eigenvalue weighted by Gasteiger charge is -2.29. The molecule has 0 atom stereocenters. The highest BCUT2D eigenvalue weighted by atomic mass is 35.5. The number of hydrogen-bond acceptors (Lipinski definition) is 7. The van der Waals surface area contributed by atoms with Crippen LogP contribution < -0.4 is 14.4 Å². The molecule has 0 radical (unpaired) electrons. The summed E-state index contributed by atoms with van der Waals surface area (Å²) < 4.78 is 17.3. The molecule has 0 N–H and O–H groups in total. The van der Waals surface area contributed by atoms with Crippen molar-refractivity contribution in [1.82, 2.24) is 9.88 Å². The summed E-state index contributed by atoms with van der Waals surface area (Å²) in [6, 6.07) is 10.9. The quantitative estimate of drug-likeness (QED) is 0.531. The topological polar surface area (TPSA) is 64.1 Å². The molecule has 1 aliphatic heterocycles. The number of ether oxygens (including phenoxy) is 3. The summed E-state index contributed by atoms with van der Waals surface area (Å²) in [4.78, 5) is 22.4. The van der Waals surface area contributed by atoms with E-state index in [0.717, 1.165) is 17.8 Å². The van der Waals surface area contributed by atoms with Gasteiger partial charge in [-0.25, -0.2) is 4.98 Å². The average Bonchev–Trinajstić information content (AvgIpc) is 3.24. The van der Waals surface area contributed by atoms with Gasteiger partial charge in [0.2, 0.25) is 0 Å². The monoisotopic (exact) mass is 461 g/mol. The van der Waals surface area contributed by atoms with Crippen molar-refractivity contribution >= 4 is 44.2 Å². The lowest BCUT2D eigenvalue weighted by atomic mass is 10.1. The summed E-state index contributed by atoms with van der Waals surface area (Å²) in [5, 5.41) is 1.17. The third-order valence-corrected chi connectivity index (χ3v) is 6.56. The fourth-order valence-electron chi connectivity index (χ4n) is 3.57. The van der Waals surface area contributed by atoms with Crippen LogP contribution in [0.3, 0.4) is 0 Å². The number of morpholine rings is 1. The summed E-state index contributed by atoms with van der Waals surface area (Å²) in [5.74, 6) is 0.721. The molecule has 3 aromatic rings. The average molecular weight is 462 g/mol. The van der Waals surface area contributed by atoms with Crippen LogP contribution in [0.4, 0.5) is 5.13 Å². The number of rotatable bonds is 7. The molecule has 1 amide bonds. The SMILES string of the molecule is COc1cccc(C(=O)N(CCN2CCOCC2)c2nc3c(Cl)cccc3s2)c1OC. The fourth-order valence-corrected chi connectivity index (χ4v) is 4.86. The van der Waals surface area contributed by atoms with E-state index in [1.807, 2.05) is 12.1 Å². The highest BCUT2D eigenvalue weighted by Gasteiger charge is 2.26. The number of para-hydroxylation sites is 2. The lowest BCUT2D eigenvalue weighted by molar-refractivity contribution is 0.0391. The Morgan fingerprint density at radius 2 is 1.97 bits per heavy atom. The molecule has 31 heavy (non-hydrogen) atoms. The van der Waals surface area contributed by atoms with E-state index in [4.69, 9.17) is 30.8 Å². The Labute approximate surface area is 190 Å². The minimum absolute atomic E-state index is 0.195. The Morgan fingerprint density at radius 1 is 1.19 bits per heavy atom. The summed E-state index contributed by atoms with van der Waals surface area (Å²) in [7, 11) is 3.09. The van der Waals surface area contributed by atoms with Gasteiger partial charge in [-0.1, -0.05) is 35.1 Å². The predicted molar refractivity (Wildman–Crippen MR) is 123 cm³/mol. The molecule has 0 aliphatic carbocycles. The number of carbonyl (C=O) groups is 1. The van der Waals surface area contributed by atoms with E-state index in [1.165, 1.54) is 18.4 Å². The number of amides is 1. The highest BCUT2D eigenvalue weighted by molar-refractivity contribution is 7.22. The maximum Gasteiger partial charge on any atom is 0.264 e. The number of aromatic nitrogens is 1. The van der Waals surface area contributed by atoms with E-state index in [1.54, 1.807) is 36.3 Å². The van der Waals surface area contributed by atoms with Gasteiger partial charge < -0.3 is 14.2 Å². The first-order chi connectivity index (χ1) is 15.1. The molecule has 2 aromatic carbocycles. The molecule has 0 bridgehead atoms. The van der Waals surface area contributed by atoms with Crippen molar-refractivity contribution in [3.63, 3.8) is 0 Å². The van der Waals surface area contributed by atoms with E-state index in [0.29, 0.717) is 59.0 Å². The fraction of sp³-hybridized carbons (Fsp3) is 0.364. The number of nitrogens with zero attached hydrogens (tertiary/aromatic N) is 3. The standard InChI is InChI=1S/C22H24ClN3O4S/c1-28-17-7-3-5-15(20(17)29-2)21(27)26(10-9-25-11-13-30-14-12-25)22-24-19-16(23)6-4-8-18(19)31-22/h3-8H,9-14H2,1-2H3. The third-order valence-electron chi connectivity index (χ3n) is 5.21. The van der Waals surface area contributed by atoms with Gasteiger partial charge in [-0.2, -0.15) is 0 Å². The van der Waals surface area contributed by atoms with Crippen molar-refractivity contribution < 1.29 is 19.0 Å². The van der Waals surface area contributed by atoms with E-state index in [9.17, 15) is 4.79 Å². The van der Waals surface area contributed by atoms with Gasteiger partial charge in [0.15, 0.2) is 16.6 Å². The summed E-state index contributed by atoms with van der Waals surface area (Å²) in [6.45, 7) is 4.29. The number of fused-ring (bicyclic) bond motifs is 1. The number of hydrogen-bond donors (Lipinski definition) is 0. The van der Waals surface area contributed by atoms with Crippen LogP contribution in [-0.2, 0) is 4.74 Å². The van der Waals surface area contributed by atoms with Crippen molar-refractivity contribution in [1.29, 1.82) is 0 Å². The van der Waals surface area contributed by atoms with E-state index >= 15 is 0 Å². The molecule has 1 saturated heterocycles. The third kappa shape index (κ3) is 4.62. The Morgan fingerprint density at radius 3 is 2.68 bits per heavy atom. The number of methoxy groups -OCH3 is 2. The first kappa shape index (κ1) is 21.8. The van der Waals surface area contributed by atoms with Gasteiger partial charge in [0.1, 0.15) is 5.52 Å². The number of carbonyl (C=O) groups excluding carboxylic acids is 1. The largest absolute Gasteiger partial charge is 0.493 e. The molecular formula is C22H24ClN3O4S. The number of anilines is 1. The van der Waals surface area contributed by atoms with Gasteiger partial charge in [0, 0.05) is 26.2 Å². The maximum absolute atomic E-state index is 13.7. The Bertz CT molecular complexity index is 1070. The Kier molecular flexibility index (Phi) is 6.92. The molecule has 2 heterocycles. The van der Waals surface area contributed by atoms with Gasteiger partial charge in [-0.3, -0.25) is 14.6 Å². The molecule has 1 fully saturated rings. The van der Waals surface area contributed by atoms with Gasteiger partial charge in [0.25, 0.3) is 5.91 Å². The zero-order chi connectivity index (χ0) is 21.8. The zero-order valence-electron chi connectivity index (χ0n) is 17.5. The van der Waals surface area contributed by atoms with Crippen molar-refractivity contribution in [2.24, 2.45) is 0 Å². The first-order valence-corrected chi connectivity index (χ1v) is 11.2. The van der Waals surface area contributed by atoms with Crippen LogP contribution in [0.5, 0.6) is 11.5 Å². The Hall–Kier alpha value is -2.39. The van der Waals surface area contributed by atoms with Gasteiger partial charge in [-0.15, -0.1) is 0 Å². The highest BCUT2D eigenvalue weighted by Crippen LogP contribution is 2.36. The van der Waals surface area contributed by atoms with Crippen molar-refractivity contribution in [2.75, 3.05) is 58.5 Å². The van der Waals surface area contributed by atoms with Crippen LogP contribution >= 0.6 is 22.9 Å². The molecule has 0 unspecified atom stereocenters.